The van der Waals surface area contributed by atoms with Crippen LogP contribution in [0.25, 0.3) is 0 Å². The van der Waals surface area contributed by atoms with Crippen molar-refractivity contribution in [1.82, 2.24) is 25.5 Å². The molecular formula is C15H22N6O. The monoisotopic (exact) mass is 302 g/mol. The van der Waals surface area contributed by atoms with E-state index in [1.165, 1.54) is 31.5 Å². The largest absolute Gasteiger partial charge is 0.494 e. The Morgan fingerprint density at radius 2 is 2.18 bits per heavy atom. The van der Waals surface area contributed by atoms with E-state index in [0.29, 0.717) is 12.6 Å². The van der Waals surface area contributed by atoms with Crippen LogP contribution in [0.2, 0.25) is 0 Å². The van der Waals surface area contributed by atoms with E-state index in [1.54, 1.807) is 0 Å². The number of ether oxygens (including phenoxy) is 1. The zero-order valence-corrected chi connectivity index (χ0v) is 12.7. The van der Waals surface area contributed by atoms with Gasteiger partial charge in [0.15, 0.2) is 0 Å². The van der Waals surface area contributed by atoms with Crippen LogP contribution in [0.4, 0.5) is 5.95 Å². The Morgan fingerprint density at radius 1 is 1.27 bits per heavy atom. The van der Waals surface area contributed by atoms with Gasteiger partial charge in [-0.05, 0) is 55.3 Å². The Morgan fingerprint density at radius 3 is 3.00 bits per heavy atom. The van der Waals surface area contributed by atoms with Crippen LogP contribution >= 0.6 is 0 Å². The summed E-state index contributed by atoms with van der Waals surface area (Å²) in [5.74, 6) is 1.46. The highest BCUT2D eigenvalue weighted by Gasteiger charge is 2.11. The van der Waals surface area contributed by atoms with Crippen LogP contribution in [0, 0.1) is 0 Å². The van der Waals surface area contributed by atoms with E-state index in [1.807, 2.05) is 6.07 Å². The van der Waals surface area contributed by atoms with Crippen LogP contribution in [0.1, 0.15) is 24.8 Å². The SMILES string of the molecule is c1cc(CN2CCCC2)cc(OCCCNc2nn[nH]n2)c1. The molecule has 0 spiro atoms. The van der Waals surface area contributed by atoms with Gasteiger partial charge in [-0.3, -0.25) is 4.90 Å². The molecule has 3 rings (SSSR count). The van der Waals surface area contributed by atoms with Crippen LogP contribution in [-0.4, -0.2) is 51.8 Å². The van der Waals surface area contributed by atoms with Gasteiger partial charge < -0.3 is 10.1 Å². The lowest BCUT2D eigenvalue weighted by molar-refractivity contribution is 0.310. The van der Waals surface area contributed by atoms with Gasteiger partial charge in [-0.1, -0.05) is 17.2 Å². The van der Waals surface area contributed by atoms with Gasteiger partial charge in [0, 0.05) is 13.1 Å². The van der Waals surface area contributed by atoms with Crippen molar-refractivity contribution < 1.29 is 4.74 Å². The van der Waals surface area contributed by atoms with E-state index in [0.717, 1.165) is 25.3 Å². The highest BCUT2D eigenvalue weighted by Crippen LogP contribution is 2.17. The molecule has 118 valence electrons. The molecule has 1 aromatic heterocycles. The standard InChI is InChI=1S/C15H22N6O/c1-2-9-21(8-1)12-13-5-3-6-14(11-13)22-10-4-7-16-15-17-19-20-18-15/h3,5-6,11H,1-2,4,7-10,12H2,(H2,16,17,18,19,20). The minimum Gasteiger partial charge on any atom is -0.494 e. The van der Waals surface area contributed by atoms with Gasteiger partial charge in [-0.2, -0.15) is 5.21 Å². The number of tetrazole rings is 1. The third-order valence-corrected chi connectivity index (χ3v) is 3.72. The number of benzene rings is 1. The summed E-state index contributed by atoms with van der Waals surface area (Å²) in [6, 6.07) is 8.40. The van der Waals surface area contributed by atoms with E-state index >= 15 is 0 Å². The fourth-order valence-electron chi connectivity index (χ4n) is 2.63. The first-order valence-corrected chi connectivity index (χ1v) is 7.81. The maximum absolute atomic E-state index is 5.81. The minimum atomic E-state index is 0.521. The molecule has 0 amide bonds. The predicted molar refractivity (Wildman–Crippen MR) is 83.7 cm³/mol. The summed E-state index contributed by atoms with van der Waals surface area (Å²) in [7, 11) is 0. The molecule has 7 nitrogen and oxygen atoms in total. The summed E-state index contributed by atoms with van der Waals surface area (Å²) < 4.78 is 5.81. The highest BCUT2D eigenvalue weighted by atomic mass is 16.5. The van der Waals surface area contributed by atoms with Crippen molar-refractivity contribution in [3.63, 3.8) is 0 Å². The summed E-state index contributed by atoms with van der Waals surface area (Å²) in [4.78, 5) is 2.49. The fourth-order valence-corrected chi connectivity index (χ4v) is 2.63. The minimum absolute atomic E-state index is 0.521. The molecule has 0 saturated carbocycles. The van der Waals surface area contributed by atoms with Crippen molar-refractivity contribution in [3.8, 4) is 5.75 Å². The van der Waals surface area contributed by atoms with Crippen molar-refractivity contribution in [2.45, 2.75) is 25.8 Å². The van der Waals surface area contributed by atoms with E-state index in [9.17, 15) is 0 Å². The Bertz CT molecular complexity index is 553. The molecule has 7 heteroatoms. The third kappa shape index (κ3) is 4.42. The van der Waals surface area contributed by atoms with Gasteiger partial charge in [0.25, 0.3) is 5.95 Å². The second kappa shape index (κ2) is 7.74. The number of nitrogens with zero attached hydrogens (tertiary/aromatic N) is 4. The average molecular weight is 302 g/mol. The second-order valence-corrected chi connectivity index (χ2v) is 5.49. The van der Waals surface area contributed by atoms with E-state index in [4.69, 9.17) is 4.74 Å². The first-order chi connectivity index (χ1) is 10.9. The van der Waals surface area contributed by atoms with E-state index < -0.39 is 0 Å². The molecule has 0 bridgehead atoms. The molecule has 2 heterocycles. The number of anilines is 1. The van der Waals surface area contributed by atoms with Crippen LogP contribution in [0.15, 0.2) is 24.3 Å². The van der Waals surface area contributed by atoms with Gasteiger partial charge >= 0.3 is 0 Å². The molecule has 1 fully saturated rings. The van der Waals surface area contributed by atoms with Gasteiger partial charge in [0.05, 0.1) is 6.61 Å². The first-order valence-electron chi connectivity index (χ1n) is 7.81. The fraction of sp³-hybridized carbons (Fsp3) is 0.533. The van der Waals surface area contributed by atoms with E-state index in [-0.39, 0.29) is 0 Å². The normalized spacial score (nSPS) is 15.1. The maximum Gasteiger partial charge on any atom is 0.263 e. The Hall–Kier alpha value is -2.15. The van der Waals surface area contributed by atoms with Crippen LogP contribution in [0.5, 0.6) is 5.75 Å². The molecule has 1 saturated heterocycles. The molecule has 2 N–H and O–H groups in total. The summed E-state index contributed by atoms with van der Waals surface area (Å²) >= 11 is 0. The van der Waals surface area contributed by atoms with Crippen LogP contribution in [0.3, 0.4) is 0 Å². The van der Waals surface area contributed by atoms with Gasteiger partial charge in [-0.25, -0.2) is 0 Å². The number of H-pyrrole nitrogens is 1. The molecule has 2 aromatic rings. The lowest BCUT2D eigenvalue weighted by Crippen LogP contribution is -2.18. The van der Waals surface area contributed by atoms with Gasteiger partial charge in [0.2, 0.25) is 0 Å². The zero-order valence-electron chi connectivity index (χ0n) is 12.7. The topological polar surface area (TPSA) is 79.0 Å². The van der Waals surface area contributed by atoms with Gasteiger partial charge in [-0.15, -0.1) is 5.10 Å². The summed E-state index contributed by atoms with van der Waals surface area (Å²) in [6.45, 7) is 4.88. The smallest absolute Gasteiger partial charge is 0.263 e. The van der Waals surface area contributed by atoms with Crippen molar-refractivity contribution in [3.05, 3.63) is 29.8 Å². The molecule has 0 atom stereocenters. The van der Waals surface area contributed by atoms with Crippen molar-refractivity contribution in [1.29, 1.82) is 0 Å². The molecule has 1 aliphatic rings. The van der Waals surface area contributed by atoms with Crippen molar-refractivity contribution >= 4 is 5.95 Å². The molecule has 0 unspecified atom stereocenters. The summed E-state index contributed by atoms with van der Waals surface area (Å²) in [5, 5.41) is 16.6. The Kier molecular flexibility index (Phi) is 5.20. The van der Waals surface area contributed by atoms with Crippen molar-refractivity contribution in [2.24, 2.45) is 0 Å². The molecule has 1 aromatic carbocycles. The quantitative estimate of drug-likeness (QED) is 0.722. The predicted octanol–water partition coefficient (Wildman–Crippen LogP) is 1.68. The van der Waals surface area contributed by atoms with Crippen LogP contribution < -0.4 is 10.1 Å². The third-order valence-electron chi connectivity index (χ3n) is 3.72. The molecule has 0 aliphatic carbocycles. The zero-order chi connectivity index (χ0) is 15.0. The Labute approximate surface area is 130 Å². The number of aromatic amines is 1. The first kappa shape index (κ1) is 14.8. The van der Waals surface area contributed by atoms with Crippen molar-refractivity contribution in [2.75, 3.05) is 31.6 Å². The Balaban J connectivity index is 1.38. The summed E-state index contributed by atoms with van der Waals surface area (Å²) in [5.41, 5.74) is 1.32. The number of aromatic nitrogens is 4. The number of rotatable bonds is 8. The molecule has 1 aliphatic heterocycles. The molecule has 22 heavy (non-hydrogen) atoms. The second-order valence-electron chi connectivity index (χ2n) is 5.49. The summed E-state index contributed by atoms with van der Waals surface area (Å²) in [6.07, 6.45) is 3.53. The maximum atomic E-state index is 5.81. The number of hydrogen-bond donors (Lipinski definition) is 2. The van der Waals surface area contributed by atoms with Crippen LogP contribution in [-0.2, 0) is 6.54 Å². The average Bonchev–Trinajstić information content (AvgIpc) is 3.21. The molecule has 0 radical (unpaired) electrons. The number of likely N-dealkylation sites (tertiary alicyclic amines) is 1. The molecular weight excluding hydrogens is 280 g/mol. The van der Waals surface area contributed by atoms with Gasteiger partial charge in [0.1, 0.15) is 5.75 Å². The lowest BCUT2D eigenvalue weighted by atomic mass is 10.2. The highest BCUT2D eigenvalue weighted by molar-refractivity contribution is 5.28. The number of hydrogen-bond acceptors (Lipinski definition) is 6. The van der Waals surface area contributed by atoms with E-state index in [2.05, 4.69) is 49.0 Å². The number of nitrogens with one attached hydrogen (secondary N) is 2. The lowest BCUT2D eigenvalue weighted by Gasteiger charge is -2.15.